The van der Waals surface area contributed by atoms with E-state index in [4.69, 9.17) is 0 Å². The standard InChI is InChI=1S/C18H19N5/c1-13-6-5-7-14(2)17(13)23-18-20-11-9-16(22-18)21-12-15-8-3-4-10-19-15/h3-11H,12H2,1-2H3,(H2,20,21,22,23). The van der Waals surface area contributed by atoms with Crippen molar-refractivity contribution in [1.82, 2.24) is 15.0 Å². The fraction of sp³-hybridized carbons (Fsp3) is 0.167. The van der Waals surface area contributed by atoms with Gasteiger partial charge in [-0.05, 0) is 43.2 Å². The molecule has 0 saturated carbocycles. The molecule has 5 nitrogen and oxygen atoms in total. The van der Waals surface area contributed by atoms with Crippen molar-refractivity contribution in [1.29, 1.82) is 0 Å². The average molecular weight is 305 g/mol. The van der Waals surface area contributed by atoms with Crippen LogP contribution in [0.2, 0.25) is 0 Å². The molecule has 1 aromatic carbocycles. The van der Waals surface area contributed by atoms with Crippen molar-refractivity contribution in [3.05, 3.63) is 71.7 Å². The van der Waals surface area contributed by atoms with Crippen LogP contribution in [0.4, 0.5) is 17.5 Å². The topological polar surface area (TPSA) is 62.7 Å². The van der Waals surface area contributed by atoms with E-state index in [9.17, 15) is 0 Å². The Morgan fingerprint density at radius 1 is 0.870 bits per heavy atom. The Bertz CT molecular complexity index is 766. The number of hydrogen-bond donors (Lipinski definition) is 2. The molecule has 0 aliphatic heterocycles. The molecular weight excluding hydrogens is 286 g/mol. The lowest BCUT2D eigenvalue weighted by Crippen LogP contribution is -2.06. The van der Waals surface area contributed by atoms with E-state index in [0.29, 0.717) is 12.5 Å². The van der Waals surface area contributed by atoms with Crippen LogP contribution in [-0.2, 0) is 6.54 Å². The molecule has 0 unspecified atom stereocenters. The predicted octanol–water partition coefficient (Wildman–Crippen LogP) is 3.84. The number of nitrogens with zero attached hydrogens (tertiary/aromatic N) is 3. The first-order valence-corrected chi connectivity index (χ1v) is 7.52. The molecule has 0 aliphatic rings. The molecule has 0 atom stereocenters. The third kappa shape index (κ3) is 3.83. The monoisotopic (exact) mass is 305 g/mol. The van der Waals surface area contributed by atoms with Crippen LogP contribution in [0.15, 0.2) is 54.9 Å². The molecule has 0 fully saturated rings. The number of aromatic nitrogens is 3. The molecular formula is C18H19N5. The van der Waals surface area contributed by atoms with Gasteiger partial charge in [0.05, 0.1) is 12.2 Å². The van der Waals surface area contributed by atoms with E-state index in [-0.39, 0.29) is 0 Å². The number of benzene rings is 1. The first-order valence-electron chi connectivity index (χ1n) is 7.52. The summed E-state index contributed by atoms with van der Waals surface area (Å²) in [6.07, 6.45) is 3.52. The zero-order chi connectivity index (χ0) is 16.1. The zero-order valence-electron chi connectivity index (χ0n) is 13.2. The third-order valence-electron chi connectivity index (χ3n) is 3.55. The Morgan fingerprint density at radius 2 is 1.70 bits per heavy atom. The summed E-state index contributed by atoms with van der Waals surface area (Å²) in [5.41, 5.74) is 4.35. The van der Waals surface area contributed by atoms with Crippen LogP contribution >= 0.6 is 0 Å². The smallest absolute Gasteiger partial charge is 0.229 e. The molecule has 0 saturated heterocycles. The van der Waals surface area contributed by atoms with Crippen molar-refractivity contribution in [3.8, 4) is 0 Å². The van der Waals surface area contributed by atoms with Gasteiger partial charge in [-0.1, -0.05) is 24.3 Å². The SMILES string of the molecule is Cc1cccc(C)c1Nc1nccc(NCc2ccccn2)n1. The maximum absolute atomic E-state index is 4.50. The molecule has 3 rings (SSSR count). The Balaban J connectivity index is 1.72. The fourth-order valence-electron chi connectivity index (χ4n) is 2.32. The van der Waals surface area contributed by atoms with Crippen LogP contribution in [0.3, 0.4) is 0 Å². The summed E-state index contributed by atoms with van der Waals surface area (Å²) in [4.78, 5) is 13.1. The number of pyridine rings is 1. The zero-order valence-corrected chi connectivity index (χ0v) is 13.2. The van der Waals surface area contributed by atoms with Gasteiger partial charge in [0.1, 0.15) is 5.82 Å². The summed E-state index contributed by atoms with van der Waals surface area (Å²) >= 11 is 0. The number of anilines is 3. The third-order valence-corrected chi connectivity index (χ3v) is 3.55. The summed E-state index contributed by atoms with van der Waals surface area (Å²) in [5.74, 6) is 1.34. The Hall–Kier alpha value is -2.95. The van der Waals surface area contributed by atoms with Crippen molar-refractivity contribution in [3.63, 3.8) is 0 Å². The van der Waals surface area contributed by atoms with Crippen LogP contribution in [0, 0.1) is 13.8 Å². The minimum Gasteiger partial charge on any atom is -0.364 e. The molecule has 2 aromatic heterocycles. The van der Waals surface area contributed by atoms with Gasteiger partial charge in [-0.25, -0.2) is 4.98 Å². The molecule has 5 heteroatoms. The van der Waals surface area contributed by atoms with Gasteiger partial charge in [0, 0.05) is 18.1 Å². The van der Waals surface area contributed by atoms with Gasteiger partial charge in [-0.3, -0.25) is 4.98 Å². The molecule has 0 radical (unpaired) electrons. The molecule has 3 aromatic rings. The summed E-state index contributed by atoms with van der Waals surface area (Å²) in [6, 6.07) is 13.9. The molecule has 2 N–H and O–H groups in total. The number of rotatable bonds is 5. The lowest BCUT2D eigenvalue weighted by atomic mass is 10.1. The maximum atomic E-state index is 4.50. The normalized spacial score (nSPS) is 10.3. The van der Waals surface area contributed by atoms with Crippen LogP contribution in [0.1, 0.15) is 16.8 Å². The molecule has 0 bridgehead atoms. The Morgan fingerprint density at radius 3 is 2.43 bits per heavy atom. The quantitative estimate of drug-likeness (QED) is 0.750. The summed E-state index contributed by atoms with van der Waals surface area (Å²) in [6.45, 7) is 4.76. The van der Waals surface area contributed by atoms with Gasteiger partial charge in [-0.2, -0.15) is 4.98 Å². The van der Waals surface area contributed by atoms with E-state index >= 15 is 0 Å². The second-order valence-electron chi connectivity index (χ2n) is 5.33. The number of para-hydroxylation sites is 1. The lowest BCUT2D eigenvalue weighted by molar-refractivity contribution is 1.02. The van der Waals surface area contributed by atoms with E-state index < -0.39 is 0 Å². The minimum absolute atomic E-state index is 0.577. The van der Waals surface area contributed by atoms with Crippen molar-refractivity contribution >= 4 is 17.5 Å². The number of nitrogens with one attached hydrogen (secondary N) is 2. The molecule has 0 aliphatic carbocycles. The van der Waals surface area contributed by atoms with E-state index in [1.807, 2.05) is 30.3 Å². The maximum Gasteiger partial charge on any atom is 0.229 e. The van der Waals surface area contributed by atoms with Gasteiger partial charge < -0.3 is 10.6 Å². The van der Waals surface area contributed by atoms with Crippen molar-refractivity contribution in [2.24, 2.45) is 0 Å². The van der Waals surface area contributed by atoms with Gasteiger partial charge in [0.25, 0.3) is 0 Å². The number of hydrogen-bond acceptors (Lipinski definition) is 5. The number of aryl methyl sites for hydroxylation is 2. The second-order valence-corrected chi connectivity index (χ2v) is 5.33. The van der Waals surface area contributed by atoms with Gasteiger partial charge >= 0.3 is 0 Å². The van der Waals surface area contributed by atoms with E-state index in [1.54, 1.807) is 12.4 Å². The largest absolute Gasteiger partial charge is 0.364 e. The van der Waals surface area contributed by atoms with E-state index in [0.717, 1.165) is 17.2 Å². The molecule has 23 heavy (non-hydrogen) atoms. The van der Waals surface area contributed by atoms with E-state index in [1.165, 1.54) is 11.1 Å². The molecule has 2 heterocycles. The molecule has 0 amide bonds. The van der Waals surface area contributed by atoms with Crippen molar-refractivity contribution < 1.29 is 0 Å². The van der Waals surface area contributed by atoms with Crippen LogP contribution in [0.25, 0.3) is 0 Å². The predicted molar refractivity (Wildman–Crippen MR) is 92.8 cm³/mol. The highest BCUT2D eigenvalue weighted by Gasteiger charge is 2.05. The van der Waals surface area contributed by atoms with Gasteiger partial charge in [0.15, 0.2) is 0 Å². The first kappa shape index (κ1) is 15.0. The van der Waals surface area contributed by atoms with Gasteiger partial charge in [0.2, 0.25) is 5.95 Å². The lowest BCUT2D eigenvalue weighted by Gasteiger charge is -2.12. The van der Waals surface area contributed by atoms with Gasteiger partial charge in [-0.15, -0.1) is 0 Å². The summed E-state index contributed by atoms with van der Waals surface area (Å²) in [7, 11) is 0. The van der Waals surface area contributed by atoms with E-state index in [2.05, 4.69) is 51.6 Å². The van der Waals surface area contributed by atoms with Crippen molar-refractivity contribution in [2.75, 3.05) is 10.6 Å². The minimum atomic E-state index is 0.577. The second kappa shape index (κ2) is 6.87. The Kier molecular flexibility index (Phi) is 4.47. The van der Waals surface area contributed by atoms with Crippen LogP contribution in [0.5, 0.6) is 0 Å². The van der Waals surface area contributed by atoms with Crippen LogP contribution in [-0.4, -0.2) is 15.0 Å². The summed E-state index contributed by atoms with van der Waals surface area (Å²) < 4.78 is 0. The van der Waals surface area contributed by atoms with Crippen LogP contribution < -0.4 is 10.6 Å². The summed E-state index contributed by atoms with van der Waals surface area (Å²) in [5, 5.41) is 6.56. The molecule has 0 spiro atoms. The highest BCUT2D eigenvalue weighted by Crippen LogP contribution is 2.22. The highest BCUT2D eigenvalue weighted by atomic mass is 15.1. The molecule has 116 valence electrons. The average Bonchev–Trinajstić information content (AvgIpc) is 2.58. The first-order chi connectivity index (χ1) is 11.2. The highest BCUT2D eigenvalue weighted by molar-refractivity contribution is 5.63. The van der Waals surface area contributed by atoms with Crippen molar-refractivity contribution in [2.45, 2.75) is 20.4 Å². The Labute approximate surface area is 135 Å². The fourth-order valence-corrected chi connectivity index (χ4v) is 2.32.